The molecule has 122 valence electrons. The fourth-order valence-corrected chi connectivity index (χ4v) is 2.52. The number of nitrogens with one attached hydrogen (secondary N) is 1. The molecule has 3 heteroatoms. The molecule has 1 amide bonds. The number of carbonyl (C=O) groups is 1. The van der Waals surface area contributed by atoms with Crippen LogP contribution in [0.1, 0.15) is 42.1 Å². The lowest BCUT2D eigenvalue weighted by Crippen LogP contribution is -2.37. The summed E-state index contributed by atoms with van der Waals surface area (Å²) in [4.78, 5) is 12.4. The SMILES string of the molecule is Cc1cc(C)c(C)c(OC(C)C(=O)N[C@@H](C)c2ccccc2)c1. The summed E-state index contributed by atoms with van der Waals surface area (Å²) in [6, 6.07) is 14.0. The van der Waals surface area contributed by atoms with Gasteiger partial charge in [-0.3, -0.25) is 4.79 Å². The van der Waals surface area contributed by atoms with Gasteiger partial charge >= 0.3 is 0 Å². The molecule has 1 N–H and O–H groups in total. The fourth-order valence-electron chi connectivity index (χ4n) is 2.52. The van der Waals surface area contributed by atoms with E-state index in [1.54, 1.807) is 6.92 Å². The van der Waals surface area contributed by atoms with E-state index < -0.39 is 6.10 Å². The van der Waals surface area contributed by atoms with E-state index in [4.69, 9.17) is 4.74 Å². The molecule has 0 fully saturated rings. The van der Waals surface area contributed by atoms with Crippen LogP contribution in [0.5, 0.6) is 5.75 Å². The maximum absolute atomic E-state index is 12.4. The predicted molar refractivity (Wildman–Crippen MR) is 93.7 cm³/mol. The van der Waals surface area contributed by atoms with E-state index in [9.17, 15) is 4.79 Å². The Morgan fingerprint density at radius 3 is 2.35 bits per heavy atom. The Morgan fingerprint density at radius 1 is 1.04 bits per heavy atom. The minimum absolute atomic E-state index is 0.0462. The molecule has 1 unspecified atom stereocenters. The van der Waals surface area contributed by atoms with Crippen molar-refractivity contribution in [1.29, 1.82) is 0 Å². The smallest absolute Gasteiger partial charge is 0.261 e. The Labute approximate surface area is 138 Å². The van der Waals surface area contributed by atoms with Crippen molar-refractivity contribution in [1.82, 2.24) is 5.32 Å². The van der Waals surface area contributed by atoms with Crippen molar-refractivity contribution in [2.75, 3.05) is 0 Å². The number of amides is 1. The average Bonchev–Trinajstić information content (AvgIpc) is 2.52. The first-order chi connectivity index (χ1) is 10.9. The van der Waals surface area contributed by atoms with Crippen LogP contribution in [-0.4, -0.2) is 12.0 Å². The van der Waals surface area contributed by atoms with Gasteiger partial charge in [0.1, 0.15) is 5.75 Å². The van der Waals surface area contributed by atoms with Crippen molar-refractivity contribution in [3.63, 3.8) is 0 Å². The molecule has 23 heavy (non-hydrogen) atoms. The van der Waals surface area contributed by atoms with Crippen LogP contribution in [0.4, 0.5) is 0 Å². The molecule has 0 heterocycles. The number of carbonyl (C=O) groups excluding carboxylic acids is 1. The minimum Gasteiger partial charge on any atom is -0.481 e. The summed E-state index contributed by atoms with van der Waals surface area (Å²) in [6.45, 7) is 9.85. The lowest BCUT2D eigenvalue weighted by Gasteiger charge is -2.20. The Hall–Kier alpha value is -2.29. The predicted octanol–water partition coefficient (Wildman–Crippen LogP) is 4.26. The largest absolute Gasteiger partial charge is 0.481 e. The van der Waals surface area contributed by atoms with Gasteiger partial charge in [0.2, 0.25) is 0 Å². The fraction of sp³-hybridized carbons (Fsp3) is 0.350. The zero-order valence-corrected chi connectivity index (χ0v) is 14.5. The number of ether oxygens (including phenoxy) is 1. The molecule has 2 aromatic carbocycles. The zero-order chi connectivity index (χ0) is 17.0. The van der Waals surface area contributed by atoms with Crippen LogP contribution < -0.4 is 10.1 Å². The highest BCUT2D eigenvalue weighted by molar-refractivity contribution is 5.81. The second kappa shape index (κ2) is 7.32. The Kier molecular flexibility index (Phi) is 5.43. The second-order valence-corrected chi connectivity index (χ2v) is 6.11. The third kappa shape index (κ3) is 4.35. The van der Waals surface area contributed by atoms with Gasteiger partial charge in [0.15, 0.2) is 6.10 Å². The van der Waals surface area contributed by atoms with E-state index in [-0.39, 0.29) is 11.9 Å². The quantitative estimate of drug-likeness (QED) is 0.896. The maximum atomic E-state index is 12.4. The molecule has 0 aliphatic heterocycles. The first-order valence-corrected chi connectivity index (χ1v) is 7.98. The van der Waals surface area contributed by atoms with Crippen LogP contribution in [0, 0.1) is 20.8 Å². The van der Waals surface area contributed by atoms with Gasteiger partial charge in [-0.1, -0.05) is 36.4 Å². The number of benzene rings is 2. The van der Waals surface area contributed by atoms with Crippen molar-refractivity contribution < 1.29 is 9.53 Å². The first kappa shape index (κ1) is 17.1. The summed E-state index contributed by atoms with van der Waals surface area (Å²) in [5.41, 5.74) is 4.46. The molecule has 0 aliphatic rings. The van der Waals surface area contributed by atoms with Crippen LogP contribution in [0.3, 0.4) is 0 Å². The Balaban J connectivity index is 2.03. The summed E-state index contributed by atoms with van der Waals surface area (Å²) in [6.07, 6.45) is -0.541. The molecular weight excluding hydrogens is 286 g/mol. The molecule has 0 spiro atoms. The molecule has 0 aromatic heterocycles. The van der Waals surface area contributed by atoms with Crippen LogP contribution in [0.2, 0.25) is 0 Å². The monoisotopic (exact) mass is 311 g/mol. The molecule has 0 aliphatic carbocycles. The summed E-state index contributed by atoms with van der Waals surface area (Å²) in [5, 5.41) is 3.00. The van der Waals surface area contributed by atoms with E-state index in [0.29, 0.717) is 0 Å². The van der Waals surface area contributed by atoms with Crippen molar-refractivity contribution in [3.05, 3.63) is 64.7 Å². The number of aryl methyl sites for hydroxylation is 2. The van der Waals surface area contributed by atoms with Crippen LogP contribution in [0.25, 0.3) is 0 Å². The van der Waals surface area contributed by atoms with Crippen molar-refractivity contribution in [3.8, 4) is 5.75 Å². The molecule has 0 bridgehead atoms. The van der Waals surface area contributed by atoms with Crippen LogP contribution in [-0.2, 0) is 4.79 Å². The van der Waals surface area contributed by atoms with E-state index in [2.05, 4.69) is 18.3 Å². The minimum atomic E-state index is -0.541. The molecule has 2 aromatic rings. The first-order valence-electron chi connectivity index (χ1n) is 7.98. The average molecular weight is 311 g/mol. The summed E-state index contributed by atoms with van der Waals surface area (Å²) < 4.78 is 5.89. The highest BCUT2D eigenvalue weighted by Gasteiger charge is 2.18. The lowest BCUT2D eigenvalue weighted by atomic mass is 10.1. The highest BCUT2D eigenvalue weighted by Crippen LogP contribution is 2.24. The third-order valence-electron chi connectivity index (χ3n) is 4.10. The molecule has 2 rings (SSSR count). The zero-order valence-electron chi connectivity index (χ0n) is 14.5. The van der Waals surface area contributed by atoms with Gasteiger partial charge in [-0.15, -0.1) is 0 Å². The van der Waals surface area contributed by atoms with Gasteiger partial charge in [-0.25, -0.2) is 0 Å². The van der Waals surface area contributed by atoms with Gasteiger partial charge in [-0.05, 0) is 62.9 Å². The molecule has 0 radical (unpaired) electrons. The third-order valence-corrected chi connectivity index (χ3v) is 4.10. The van der Waals surface area contributed by atoms with Crippen molar-refractivity contribution in [2.45, 2.75) is 46.8 Å². The van der Waals surface area contributed by atoms with Crippen molar-refractivity contribution in [2.24, 2.45) is 0 Å². The standard InChI is InChI=1S/C20H25NO2/c1-13-11-14(2)15(3)19(12-13)23-17(5)20(22)21-16(4)18-9-7-6-8-10-18/h6-12,16-17H,1-5H3,(H,21,22)/t16-,17?/m0/s1. The van der Waals surface area contributed by atoms with Gasteiger partial charge in [-0.2, -0.15) is 0 Å². The maximum Gasteiger partial charge on any atom is 0.261 e. The number of rotatable bonds is 5. The summed E-state index contributed by atoms with van der Waals surface area (Å²) >= 11 is 0. The van der Waals surface area contributed by atoms with E-state index in [1.807, 2.05) is 57.2 Å². The molecule has 3 nitrogen and oxygen atoms in total. The van der Waals surface area contributed by atoms with Gasteiger partial charge in [0, 0.05) is 0 Å². The van der Waals surface area contributed by atoms with Gasteiger partial charge < -0.3 is 10.1 Å². The molecule has 0 saturated heterocycles. The van der Waals surface area contributed by atoms with Gasteiger partial charge in [0.25, 0.3) is 5.91 Å². The van der Waals surface area contributed by atoms with E-state index >= 15 is 0 Å². The molecular formula is C20H25NO2. The normalized spacial score (nSPS) is 13.3. The van der Waals surface area contributed by atoms with E-state index in [1.165, 1.54) is 5.56 Å². The van der Waals surface area contributed by atoms with Crippen LogP contribution in [0.15, 0.2) is 42.5 Å². The number of hydrogen-bond donors (Lipinski definition) is 1. The highest BCUT2D eigenvalue weighted by atomic mass is 16.5. The molecule has 0 saturated carbocycles. The summed E-state index contributed by atoms with van der Waals surface area (Å²) in [7, 11) is 0. The van der Waals surface area contributed by atoms with Crippen molar-refractivity contribution >= 4 is 5.91 Å². The molecule has 2 atom stereocenters. The van der Waals surface area contributed by atoms with Crippen LogP contribution >= 0.6 is 0 Å². The topological polar surface area (TPSA) is 38.3 Å². The lowest BCUT2D eigenvalue weighted by molar-refractivity contribution is -0.127. The van der Waals surface area contributed by atoms with Gasteiger partial charge in [0.05, 0.1) is 6.04 Å². The summed E-state index contributed by atoms with van der Waals surface area (Å²) in [5.74, 6) is 0.664. The van der Waals surface area contributed by atoms with E-state index in [0.717, 1.165) is 22.4 Å². The Bertz CT molecular complexity index is 680. The Morgan fingerprint density at radius 2 is 1.70 bits per heavy atom. The number of hydrogen-bond acceptors (Lipinski definition) is 2. The second-order valence-electron chi connectivity index (χ2n) is 6.11.